The van der Waals surface area contributed by atoms with Gasteiger partial charge in [0.2, 0.25) is 5.90 Å². The number of hydrogen-bond donors (Lipinski definition) is 0. The van der Waals surface area contributed by atoms with Crippen molar-refractivity contribution in [3.63, 3.8) is 0 Å². The van der Waals surface area contributed by atoms with Crippen LogP contribution in [0, 0.1) is 5.82 Å². The van der Waals surface area contributed by atoms with E-state index in [4.69, 9.17) is 30.5 Å². The van der Waals surface area contributed by atoms with Crippen LogP contribution in [-0.4, -0.2) is 26.1 Å². The summed E-state index contributed by atoms with van der Waals surface area (Å²) in [6.07, 6.45) is 1.57. The fraction of sp³-hybridized carbons (Fsp3) is 0.120. The van der Waals surface area contributed by atoms with Crippen LogP contribution < -0.4 is 14.2 Å². The number of carbonyl (C=O) groups is 1. The van der Waals surface area contributed by atoms with Gasteiger partial charge in [-0.25, -0.2) is 14.2 Å². The highest BCUT2D eigenvalue weighted by atomic mass is 35.5. The molecule has 0 aromatic heterocycles. The molecule has 0 N–H and O–H groups in total. The number of halogens is 2. The van der Waals surface area contributed by atoms with Crippen molar-refractivity contribution >= 4 is 29.5 Å². The van der Waals surface area contributed by atoms with E-state index in [-0.39, 0.29) is 24.0 Å². The molecular formula is C25H19ClFNO5. The van der Waals surface area contributed by atoms with Gasteiger partial charge in [-0.2, -0.15) is 0 Å². The van der Waals surface area contributed by atoms with Crippen molar-refractivity contribution in [2.45, 2.75) is 6.61 Å². The zero-order chi connectivity index (χ0) is 23.4. The maximum Gasteiger partial charge on any atom is 0.363 e. The van der Waals surface area contributed by atoms with Crippen molar-refractivity contribution in [1.29, 1.82) is 0 Å². The van der Waals surface area contributed by atoms with E-state index in [2.05, 4.69) is 4.99 Å². The summed E-state index contributed by atoms with van der Waals surface area (Å²) in [5, 5.41) is 0.456. The molecule has 0 bridgehead atoms. The quantitative estimate of drug-likeness (QED) is 0.343. The van der Waals surface area contributed by atoms with Crippen molar-refractivity contribution in [2.24, 2.45) is 4.99 Å². The van der Waals surface area contributed by atoms with Crippen molar-refractivity contribution in [2.75, 3.05) is 14.2 Å². The summed E-state index contributed by atoms with van der Waals surface area (Å²) in [7, 11) is 3.00. The molecule has 3 aromatic carbocycles. The molecule has 1 heterocycles. The maximum absolute atomic E-state index is 13.8. The third-order valence-corrected chi connectivity index (χ3v) is 5.08. The molecule has 1 aliphatic rings. The van der Waals surface area contributed by atoms with E-state index < -0.39 is 5.97 Å². The van der Waals surface area contributed by atoms with Gasteiger partial charge >= 0.3 is 5.97 Å². The summed E-state index contributed by atoms with van der Waals surface area (Å²) in [6.45, 7) is 0.0465. The Morgan fingerprint density at radius 1 is 1.00 bits per heavy atom. The number of aliphatic imine (C=N–C) groups is 1. The van der Waals surface area contributed by atoms with Crippen LogP contribution in [0.2, 0.25) is 5.02 Å². The first-order chi connectivity index (χ1) is 16.0. The molecule has 0 saturated carbocycles. The van der Waals surface area contributed by atoms with E-state index in [0.717, 1.165) is 0 Å². The number of benzene rings is 3. The highest BCUT2D eigenvalue weighted by Gasteiger charge is 2.26. The van der Waals surface area contributed by atoms with Crippen LogP contribution in [0.1, 0.15) is 16.7 Å². The standard InChI is InChI=1S/C25H19ClFNO5/c1-30-21-10-8-17(26)13-18(21)24-28-20(25(29)33-24)11-15-7-9-22(23(12-15)31-2)32-14-16-5-3-4-6-19(16)27/h3-13H,14H2,1-2H3/b20-11+. The van der Waals surface area contributed by atoms with Gasteiger partial charge in [0.1, 0.15) is 18.2 Å². The normalized spacial score (nSPS) is 14.1. The number of rotatable bonds is 7. The minimum atomic E-state index is -0.606. The second-order valence-corrected chi connectivity index (χ2v) is 7.41. The van der Waals surface area contributed by atoms with Crippen LogP contribution in [0.4, 0.5) is 4.39 Å². The Bertz CT molecular complexity index is 1270. The lowest BCUT2D eigenvalue weighted by Crippen LogP contribution is -2.07. The van der Waals surface area contributed by atoms with Gasteiger partial charge in [0.05, 0.1) is 19.8 Å². The smallest absolute Gasteiger partial charge is 0.363 e. The molecule has 0 unspecified atom stereocenters. The van der Waals surface area contributed by atoms with E-state index in [0.29, 0.717) is 39.0 Å². The minimum Gasteiger partial charge on any atom is -0.496 e. The van der Waals surface area contributed by atoms with E-state index >= 15 is 0 Å². The molecule has 1 aliphatic heterocycles. The van der Waals surface area contributed by atoms with Crippen LogP contribution in [0.15, 0.2) is 71.4 Å². The van der Waals surface area contributed by atoms with Gasteiger partial charge in [0, 0.05) is 10.6 Å². The first kappa shape index (κ1) is 22.4. The van der Waals surface area contributed by atoms with Crippen molar-refractivity contribution < 1.29 is 28.1 Å². The third-order valence-electron chi connectivity index (χ3n) is 4.84. The minimum absolute atomic E-state index is 0.0465. The summed E-state index contributed by atoms with van der Waals surface area (Å²) in [4.78, 5) is 16.7. The Morgan fingerprint density at radius 3 is 2.52 bits per heavy atom. The van der Waals surface area contributed by atoms with Gasteiger partial charge in [-0.3, -0.25) is 0 Å². The summed E-state index contributed by atoms with van der Waals surface area (Å²) < 4.78 is 35.6. The fourth-order valence-corrected chi connectivity index (χ4v) is 3.37. The predicted octanol–water partition coefficient (Wildman–Crippen LogP) is 5.42. The van der Waals surface area contributed by atoms with E-state index in [1.165, 1.54) is 20.3 Å². The topological polar surface area (TPSA) is 66.3 Å². The zero-order valence-electron chi connectivity index (χ0n) is 17.8. The summed E-state index contributed by atoms with van der Waals surface area (Å²) in [5.41, 5.74) is 1.64. The van der Waals surface area contributed by atoms with Crippen molar-refractivity contribution in [1.82, 2.24) is 0 Å². The Hall–Kier alpha value is -3.84. The number of methoxy groups -OCH3 is 2. The number of hydrogen-bond acceptors (Lipinski definition) is 6. The second kappa shape index (κ2) is 9.75. The van der Waals surface area contributed by atoms with Gasteiger partial charge in [-0.15, -0.1) is 0 Å². The Balaban J connectivity index is 1.58. The molecule has 4 rings (SSSR count). The van der Waals surface area contributed by atoms with E-state index in [1.807, 2.05) is 0 Å². The highest BCUT2D eigenvalue weighted by Crippen LogP contribution is 2.31. The zero-order valence-corrected chi connectivity index (χ0v) is 18.6. The van der Waals surface area contributed by atoms with Gasteiger partial charge < -0.3 is 18.9 Å². The lowest BCUT2D eigenvalue weighted by Gasteiger charge is -2.12. The Labute approximate surface area is 194 Å². The Morgan fingerprint density at radius 2 is 1.76 bits per heavy atom. The molecule has 8 heteroatoms. The highest BCUT2D eigenvalue weighted by molar-refractivity contribution is 6.31. The predicted molar refractivity (Wildman–Crippen MR) is 122 cm³/mol. The van der Waals surface area contributed by atoms with Crippen LogP contribution in [0.5, 0.6) is 17.2 Å². The first-order valence-corrected chi connectivity index (χ1v) is 10.3. The van der Waals surface area contributed by atoms with Gasteiger partial charge in [0.25, 0.3) is 0 Å². The molecule has 3 aromatic rings. The van der Waals surface area contributed by atoms with Gasteiger partial charge in [-0.05, 0) is 48.0 Å². The first-order valence-electron chi connectivity index (χ1n) is 9.89. The monoisotopic (exact) mass is 467 g/mol. The van der Waals surface area contributed by atoms with Crippen molar-refractivity contribution in [3.8, 4) is 17.2 Å². The fourth-order valence-electron chi connectivity index (χ4n) is 3.19. The molecule has 33 heavy (non-hydrogen) atoms. The summed E-state index contributed by atoms with van der Waals surface area (Å²) >= 11 is 6.06. The maximum atomic E-state index is 13.8. The summed E-state index contributed by atoms with van der Waals surface area (Å²) in [6, 6.07) is 16.4. The number of cyclic esters (lactones) is 1. The average molecular weight is 468 g/mol. The molecule has 0 amide bonds. The number of esters is 1. The summed E-state index contributed by atoms with van der Waals surface area (Å²) in [5.74, 6) is 0.485. The lowest BCUT2D eigenvalue weighted by atomic mass is 10.1. The third kappa shape index (κ3) is 4.99. The number of nitrogens with zero attached hydrogens (tertiary/aromatic N) is 1. The Kier molecular flexibility index (Phi) is 6.60. The van der Waals surface area contributed by atoms with Gasteiger partial charge in [-0.1, -0.05) is 35.9 Å². The number of ether oxygens (including phenoxy) is 4. The molecule has 168 valence electrons. The molecule has 0 fully saturated rings. The molecule has 0 radical (unpaired) electrons. The van der Waals surface area contributed by atoms with Crippen LogP contribution in [0.25, 0.3) is 6.08 Å². The van der Waals surface area contributed by atoms with Crippen LogP contribution in [-0.2, 0) is 16.1 Å². The number of carbonyl (C=O) groups excluding carboxylic acids is 1. The molecule has 0 spiro atoms. The van der Waals surface area contributed by atoms with Crippen molar-refractivity contribution in [3.05, 3.63) is 93.9 Å². The second-order valence-electron chi connectivity index (χ2n) is 6.97. The molecule has 0 saturated heterocycles. The van der Waals surface area contributed by atoms with E-state index in [1.54, 1.807) is 60.7 Å². The van der Waals surface area contributed by atoms with Gasteiger partial charge in [0.15, 0.2) is 17.2 Å². The van der Waals surface area contributed by atoms with E-state index in [9.17, 15) is 9.18 Å². The molecule has 0 aliphatic carbocycles. The van der Waals surface area contributed by atoms with Crippen LogP contribution in [0.3, 0.4) is 0 Å². The molecule has 0 atom stereocenters. The molecular weight excluding hydrogens is 449 g/mol. The lowest BCUT2D eigenvalue weighted by molar-refractivity contribution is -0.129. The largest absolute Gasteiger partial charge is 0.496 e. The van der Waals surface area contributed by atoms with Crippen LogP contribution >= 0.6 is 11.6 Å². The SMILES string of the molecule is COc1cc(/C=C2/N=C(c3cc(Cl)ccc3OC)OC2=O)ccc1OCc1ccccc1F. The molecule has 6 nitrogen and oxygen atoms in total. The average Bonchev–Trinajstić information content (AvgIpc) is 3.18.